The molecule has 1 atom stereocenters. The van der Waals surface area contributed by atoms with Crippen molar-refractivity contribution in [3.63, 3.8) is 0 Å². The number of rotatable bonds is 12. The van der Waals surface area contributed by atoms with E-state index in [-0.39, 0.29) is 18.9 Å². The molecule has 1 N–H and O–H groups in total. The number of amides is 2. The van der Waals surface area contributed by atoms with Crippen LogP contribution in [-0.2, 0) is 32.6 Å². The van der Waals surface area contributed by atoms with Crippen molar-refractivity contribution in [3.05, 3.63) is 99.0 Å². The minimum Gasteiger partial charge on any atom is -0.354 e. The number of carbonyl (C=O) groups excluding carboxylic acids is 2. The Balaban J connectivity index is 2.11. The van der Waals surface area contributed by atoms with Crippen molar-refractivity contribution in [2.75, 3.05) is 23.7 Å². The lowest BCUT2D eigenvalue weighted by Gasteiger charge is -2.34. The van der Waals surface area contributed by atoms with Gasteiger partial charge < -0.3 is 10.2 Å². The number of anilines is 1. The lowest BCUT2D eigenvalue weighted by atomic mass is 10.0. The summed E-state index contributed by atoms with van der Waals surface area (Å²) in [6.45, 7) is 5.50. The predicted molar refractivity (Wildman–Crippen MR) is 162 cm³/mol. The summed E-state index contributed by atoms with van der Waals surface area (Å²) in [6.07, 6.45) is 1.98. The summed E-state index contributed by atoms with van der Waals surface area (Å²) >= 11 is 13.0. The molecule has 0 aliphatic heterocycles. The van der Waals surface area contributed by atoms with E-state index in [0.717, 1.165) is 27.3 Å². The number of benzene rings is 3. The highest BCUT2D eigenvalue weighted by atomic mass is 35.5. The molecule has 3 aromatic rings. The first-order valence-electron chi connectivity index (χ1n) is 13.0. The van der Waals surface area contributed by atoms with Crippen molar-refractivity contribution in [1.82, 2.24) is 10.2 Å². The Morgan fingerprint density at radius 2 is 1.52 bits per heavy atom. The third-order valence-electron chi connectivity index (χ3n) is 6.38. The van der Waals surface area contributed by atoms with Crippen LogP contribution in [0, 0.1) is 13.8 Å². The van der Waals surface area contributed by atoms with Crippen LogP contribution in [0.1, 0.15) is 35.6 Å². The average molecular weight is 605 g/mol. The van der Waals surface area contributed by atoms with Gasteiger partial charge in [-0.05, 0) is 61.2 Å². The van der Waals surface area contributed by atoms with Crippen LogP contribution in [0.3, 0.4) is 0 Å². The normalized spacial score (nSPS) is 12.1. The van der Waals surface area contributed by atoms with Crippen LogP contribution in [-0.4, -0.2) is 50.5 Å². The molecule has 7 nitrogen and oxygen atoms in total. The van der Waals surface area contributed by atoms with Gasteiger partial charge >= 0.3 is 0 Å². The van der Waals surface area contributed by atoms with E-state index in [0.29, 0.717) is 34.3 Å². The molecular weight excluding hydrogens is 569 g/mol. The summed E-state index contributed by atoms with van der Waals surface area (Å²) in [4.78, 5) is 29.1. The van der Waals surface area contributed by atoms with Crippen LogP contribution < -0.4 is 9.62 Å². The molecule has 0 aliphatic carbocycles. The first kappa shape index (κ1) is 31.5. The number of sulfonamides is 1. The first-order valence-corrected chi connectivity index (χ1v) is 15.6. The van der Waals surface area contributed by atoms with Crippen LogP contribution in [0.2, 0.25) is 10.0 Å². The Kier molecular flexibility index (Phi) is 11.0. The van der Waals surface area contributed by atoms with E-state index in [1.807, 2.05) is 57.2 Å². The highest BCUT2D eigenvalue weighted by molar-refractivity contribution is 7.92. The largest absolute Gasteiger partial charge is 0.354 e. The number of hydrogen-bond acceptors (Lipinski definition) is 4. The summed E-state index contributed by atoms with van der Waals surface area (Å²) in [5.41, 5.74) is 3.40. The topological polar surface area (TPSA) is 86.8 Å². The molecule has 0 spiro atoms. The van der Waals surface area contributed by atoms with E-state index in [1.54, 1.807) is 30.3 Å². The third kappa shape index (κ3) is 8.46. The van der Waals surface area contributed by atoms with Gasteiger partial charge in [-0.25, -0.2) is 8.42 Å². The first-order chi connectivity index (χ1) is 18.9. The Morgan fingerprint density at radius 1 is 0.925 bits per heavy atom. The van der Waals surface area contributed by atoms with Crippen LogP contribution in [0.15, 0.2) is 66.7 Å². The molecule has 3 aromatic carbocycles. The zero-order valence-corrected chi connectivity index (χ0v) is 25.5. The molecule has 10 heteroatoms. The average Bonchev–Trinajstić information content (AvgIpc) is 2.88. The van der Waals surface area contributed by atoms with Crippen molar-refractivity contribution >= 4 is 50.7 Å². The van der Waals surface area contributed by atoms with E-state index >= 15 is 0 Å². The molecule has 40 heavy (non-hydrogen) atoms. The fourth-order valence-corrected chi connectivity index (χ4v) is 5.83. The number of nitrogens with one attached hydrogen (secondary N) is 1. The SMILES string of the molecule is CCCNC(=O)[C@H](Cc1ccccc1)N(Cc1c(Cl)cccc1Cl)C(=O)CN(c1cc(C)cc(C)c1)S(C)(=O)=O. The van der Waals surface area contributed by atoms with Crippen molar-refractivity contribution in [2.24, 2.45) is 0 Å². The lowest BCUT2D eigenvalue weighted by molar-refractivity contribution is -0.140. The molecule has 0 aromatic heterocycles. The van der Waals surface area contributed by atoms with Crippen molar-refractivity contribution in [2.45, 2.75) is 46.2 Å². The highest BCUT2D eigenvalue weighted by Crippen LogP contribution is 2.28. The summed E-state index contributed by atoms with van der Waals surface area (Å²) in [5.74, 6) is -0.910. The molecule has 0 unspecified atom stereocenters. The van der Waals surface area contributed by atoms with Crippen LogP contribution >= 0.6 is 23.2 Å². The molecular formula is C30H35Cl2N3O4S. The van der Waals surface area contributed by atoms with Gasteiger partial charge in [0.1, 0.15) is 12.6 Å². The maximum Gasteiger partial charge on any atom is 0.244 e. The monoisotopic (exact) mass is 603 g/mol. The fraction of sp³-hybridized carbons (Fsp3) is 0.333. The Labute approximate surface area is 247 Å². The highest BCUT2D eigenvalue weighted by Gasteiger charge is 2.33. The van der Waals surface area contributed by atoms with Gasteiger partial charge in [-0.3, -0.25) is 13.9 Å². The second-order valence-corrected chi connectivity index (χ2v) is 12.6. The quantitative estimate of drug-likeness (QED) is 0.294. The number of carbonyl (C=O) groups is 2. The Bertz CT molecular complexity index is 1410. The molecule has 214 valence electrons. The van der Waals surface area contributed by atoms with Crippen LogP contribution in [0.4, 0.5) is 5.69 Å². The number of nitrogens with zero attached hydrogens (tertiary/aromatic N) is 2. The maximum absolute atomic E-state index is 14.1. The molecule has 0 saturated heterocycles. The van der Waals surface area contributed by atoms with Gasteiger partial charge in [0.15, 0.2) is 0 Å². The van der Waals surface area contributed by atoms with Crippen molar-refractivity contribution in [3.8, 4) is 0 Å². The summed E-state index contributed by atoms with van der Waals surface area (Å²) in [6, 6.07) is 18.8. The standard InChI is InChI=1S/C30H35Cl2N3O4S/c1-5-14-33-30(37)28(18-23-10-7-6-8-11-23)34(19-25-26(31)12-9-13-27(25)32)29(36)20-35(40(4,38)39)24-16-21(2)15-22(3)17-24/h6-13,15-17,28H,5,14,18-20H2,1-4H3,(H,33,37)/t28-/m0/s1. The molecule has 2 amide bonds. The van der Waals surface area contributed by atoms with E-state index < -0.39 is 28.5 Å². The zero-order valence-electron chi connectivity index (χ0n) is 23.2. The number of halogens is 2. The van der Waals surface area contributed by atoms with Gasteiger partial charge in [0.25, 0.3) is 0 Å². The lowest BCUT2D eigenvalue weighted by Crippen LogP contribution is -2.53. The molecule has 0 heterocycles. The molecule has 0 bridgehead atoms. The second kappa shape index (κ2) is 14.0. The van der Waals surface area contributed by atoms with Gasteiger partial charge in [0, 0.05) is 35.1 Å². The summed E-state index contributed by atoms with van der Waals surface area (Å²) in [7, 11) is -3.86. The zero-order chi connectivity index (χ0) is 29.4. The predicted octanol–water partition coefficient (Wildman–Crippen LogP) is 5.54. The molecule has 0 fully saturated rings. The number of aryl methyl sites for hydroxylation is 2. The van der Waals surface area contributed by atoms with Gasteiger partial charge in [-0.2, -0.15) is 0 Å². The summed E-state index contributed by atoms with van der Waals surface area (Å²) in [5, 5.41) is 3.58. The minimum atomic E-state index is -3.86. The Hall–Kier alpha value is -3.07. The van der Waals surface area contributed by atoms with Gasteiger partial charge in [0.2, 0.25) is 21.8 Å². The van der Waals surface area contributed by atoms with Crippen molar-refractivity contribution in [1.29, 1.82) is 0 Å². The smallest absolute Gasteiger partial charge is 0.244 e. The van der Waals surface area contributed by atoms with E-state index in [1.165, 1.54) is 4.90 Å². The van der Waals surface area contributed by atoms with E-state index in [2.05, 4.69) is 5.32 Å². The molecule has 0 aliphatic rings. The van der Waals surface area contributed by atoms with Crippen molar-refractivity contribution < 1.29 is 18.0 Å². The van der Waals surface area contributed by atoms with E-state index in [9.17, 15) is 18.0 Å². The molecule has 0 radical (unpaired) electrons. The van der Waals surface area contributed by atoms with E-state index in [4.69, 9.17) is 23.2 Å². The fourth-order valence-electron chi connectivity index (χ4n) is 4.48. The van der Waals surface area contributed by atoms with Gasteiger partial charge in [-0.1, -0.05) is 72.6 Å². The number of hydrogen-bond donors (Lipinski definition) is 1. The summed E-state index contributed by atoms with van der Waals surface area (Å²) < 4.78 is 27.0. The van der Waals surface area contributed by atoms with Gasteiger partial charge in [0.05, 0.1) is 11.9 Å². The molecule has 0 saturated carbocycles. The molecule has 3 rings (SSSR count). The van der Waals surface area contributed by atoms with Crippen LogP contribution in [0.5, 0.6) is 0 Å². The Morgan fingerprint density at radius 3 is 2.08 bits per heavy atom. The second-order valence-electron chi connectivity index (χ2n) is 9.83. The van der Waals surface area contributed by atoms with Crippen LogP contribution in [0.25, 0.3) is 0 Å². The van der Waals surface area contributed by atoms with Gasteiger partial charge in [-0.15, -0.1) is 0 Å². The minimum absolute atomic E-state index is 0.0845. The maximum atomic E-state index is 14.1. The third-order valence-corrected chi connectivity index (χ3v) is 8.23.